The molecule has 0 fully saturated rings. The number of amidine groups is 1. The fourth-order valence-corrected chi connectivity index (χ4v) is 2.06. The molecule has 0 saturated heterocycles. The van der Waals surface area contributed by atoms with Crippen LogP contribution in [-0.2, 0) is 14.3 Å². The molecular formula is C17H20N2O3. The van der Waals surface area contributed by atoms with E-state index >= 15 is 0 Å². The predicted octanol–water partition coefficient (Wildman–Crippen LogP) is 2.63. The van der Waals surface area contributed by atoms with Crippen LogP contribution in [0.25, 0.3) is 6.08 Å². The van der Waals surface area contributed by atoms with E-state index in [9.17, 15) is 9.59 Å². The number of carbonyl (C=O) groups excluding carboxylic acids is 2. The number of esters is 1. The summed E-state index contributed by atoms with van der Waals surface area (Å²) in [5.41, 5.74) is 0.641. The topological polar surface area (TPSA) is 59.0 Å². The number of aliphatic imine (C=N–C) groups is 1. The first-order valence-corrected chi connectivity index (χ1v) is 7.12. The normalized spacial score (nSPS) is 16.9. The monoisotopic (exact) mass is 300 g/mol. The summed E-state index contributed by atoms with van der Waals surface area (Å²) >= 11 is 0. The maximum Gasteiger partial charge on any atom is 0.326 e. The van der Waals surface area contributed by atoms with Crippen molar-refractivity contribution in [2.75, 3.05) is 6.54 Å². The molecule has 2 rings (SSSR count). The molecule has 1 aromatic rings. The van der Waals surface area contributed by atoms with Crippen molar-refractivity contribution in [3.63, 3.8) is 0 Å². The van der Waals surface area contributed by atoms with E-state index in [0.29, 0.717) is 11.5 Å². The van der Waals surface area contributed by atoms with Crippen LogP contribution in [0.2, 0.25) is 0 Å². The van der Waals surface area contributed by atoms with Crippen molar-refractivity contribution in [1.29, 1.82) is 0 Å². The molecule has 0 spiro atoms. The molecule has 1 aliphatic heterocycles. The lowest BCUT2D eigenvalue weighted by atomic mass is 10.2. The Balaban J connectivity index is 2.11. The number of nitrogens with zero attached hydrogens (tertiary/aromatic N) is 2. The van der Waals surface area contributed by atoms with Gasteiger partial charge in [0.2, 0.25) is 0 Å². The molecule has 1 heterocycles. The Hall–Kier alpha value is -2.43. The average Bonchev–Trinajstić information content (AvgIpc) is 2.66. The Morgan fingerprint density at radius 2 is 1.91 bits per heavy atom. The molecule has 5 heteroatoms. The van der Waals surface area contributed by atoms with Crippen molar-refractivity contribution in [2.24, 2.45) is 4.99 Å². The van der Waals surface area contributed by atoms with Gasteiger partial charge in [-0.05, 0) is 39.3 Å². The van der Waals surface area contributed by atoms with Crippen molar-refractivity contribution in [3.05, 3.63) is 41.6 Å². The number of ether oxygens (including phenoxy) is 1. The quantitative estimate of drug-likeness (QED) is 0.637. The van der Waals surface area contributed by atoms with Gasteiger partial charge in [0, 0.05) is 0 Å². The van der Waals surface area contributed by atoms with Crippen molar-refractivity contribution in [1.82, 2.24) is 4.90 Å². The van der Waals surface area contributed by atoms with Gasteiger partial charge in [-0.15, -0.1) is 0 Å². The highest BCUT2D eigenvalue weighted by Crippen LogP contribution is 2.18. The molecule has 1 amide bonds. The largest absolute Gasteiger partial charge is 0.459 e. The highest BCUT2D eigenvalue weighted by atomic mass is 16.6. The van der Waals surface area contributed by atoms with Crippen LogP contribution in [0.3, 0.4) is 0 Å². The zero-order valence-corrected chi connectivity index (χ0v) is 13.3. The molecule has 1 aromatic carbocycles. The zero-order valence-electron chi connectivity index (χ0n) is 13.3. The molecule has 0 saturated carbocycles. The van der Waals surface area contributed by atoms with Crippen LogP contribution in [0, 0.1) is 0 Å². The van der Waals surface area contributed by atoms with Crippen LogP contribution in [0.1, 0.15) is 33.3 Å². The highest BCUT2D eigenvalue weighted by Gasteiger charge is 2.30. The molecule has 116 valence electrons. The van der Waals surface area contributed by atoms with E-state index in [0.717, 1.165) is 5.56 Å². The van der Waals surface area contributed by atoms with Crippen LogP contribution in [0.4, 0.5) is 0 Å². The average molecular weight is 300 g/mol. The minimum Gasteiger partial charge on any atom is -0.459 e. The number of carbonyl (C=O) groups is 2. The Labute approximate surface area is 130 Å². The maximum absolute atomic E-state index is 12.4. The summed E-state index contributed by atoms with van der Waals surface area (Å²) in [6.07, 6.45) is 1.71. The fourth-order valence-electron chi connectivity index (χ4n) is 2.06. The Kier molecular flexibility index (Phi) is 4.45. The van der Waals surface area contributed by atoms with Crippen LogP contribution in [0.5, 0.6) is 0 Å². The maximum atomic E-state index is 12.4. The first kappa shape index (κ1) is 15.9. The van der Waals surface area contributed by atoms with Gasteiger partial charge in [-0.25, -0.2) is 4.99 Å². The molecule has 0 atom stereocenters. The lowest BCUT2D eigenvalue weighted by Gasteiger charge is -2.22. The van der Waals surface area contributed by atoms with Crippen LogP contribution < -0.4 is 0 Å². The molecule has 0 aliphatic carbocycles. The molecule has 0 unspecified atom stereocenters. The number of amides is 1. The molecule has 0 N–H and O–H groups in total. The van der Waals surface area contributed by atoms with Crippen molar-refractivity contribution >= 4 is 23.8 Å². The second-order valence-electron chi connectivity index (χ2n) is 6.08. The van der Waals surface area contributed by atoms with E-state index in [2.05, 4.69) is 4.99 Å². The molecule has 0 bridgehead atoms. The van der Waals surface area contributed by atoms with E-state index < -0.39 is 11.6 Å². The number of rotatable bonds is 3. The zero-order chi connectivity index (χ0) is 16.3. The van der Waals surface area contributed by atoms with Gasteiger partial charge in [0.05, 0.1) is 0 Å². The second-order valence-corrected chi connectivity index (χ2v) is 6.08. The van der Waals surface area contributed by atoms with Gasteiger partial charge in [-0.2, -0.15) is 0 Å². The molecule has 1 aliphatic rings. The van der Waals surface area contributed by atoms with Crippen LogP contribution in [-0.4, -0.2) is 34.8 Å². The molecular weight excluding hydrogens is 280 g/mol. The van der Waals surface area contributed by atoms with Crippen molar-refractivity contribution in [3.8, 4) is 0 Å². The minimum atomic E-state index is -0.576. The Morgan fingerprint density at radius 3 is 2.50 bits per heavy atom. The van der Waals surface area contributed by atoms with Gasteiger partial charge in [0.1, 0.15) is 23.7 Å². The molecule has 0 radical (unpaired) electrons. The van der Waals surface area contributed by atoms with E-state index in [1.807, 2.05) is 30.3 Å². The van der Waals surface area contributed by atoms with Gasteiger partial charge in [-0.3, -0.25) is 14.5 Å². The lowest BCUT2D eigenvalue weighted by molar-refractivity contribution is -0.156. The van der Waals surface area contributed by atoms with Gasteiger partial charge in [-0.1, -0.05) is 30.3 Å². The van der Waals surface area contributed by atoms with E-state index in [-0.39, 0.29) is 12.5 Å². The third-order valence-electron chi connectivity index (χ3n) is 2.95. The SMILES string of the molecule is CC1=N/C(=C/c2ccccc2)C(=O)N1CC(=O)OC(C)(C)C. The summed E-state index contributed by atoms with van der Waals surface area (Å²) in [5.74, 6) is -0.235. The number of benzene rings is 1. The summed E-state index contributed by atoms with van der Waals surface area (Å²) in [7, 11) is 0. The predicted molar refractivity (Wildman–Crippen MR) is 85.1 cm³/mol. The van der Waals surface area contributed by atoms with Crippen LogP contribution in [0.15, 0.2) is 41.0 Å². The Bertz CT molecular complexity index is 640. The van der Waals surface area contributed by atoms with Gasteiger partial charge in [0.15, 0.2) is 0 Å². The summed E-state index contributed by atoms with van der Waals surface area (Å²) in [6.45, 7) is 6.95. The van der Waals surface area contributed by atoms with E-state index in [4.69, 9.17) is 4.74 Å². The first-order valence-electron chi connectivity index (χ1n) is 7.12. The summed E-state index contributed by atoms with van der Waals surface area (Å²) < 4.78 is 5.24. The summed E-state index contributed by atoms with van der Waals surface area (Å²) in [6, 6.07) is 9.47. The third kappa shape index (κ3) is 4.04. The van der Waals surface area contributed by atoms with Gasteiger partial charge < -0.3 is 4.74 Å². The molecule has 22 heavy (non-hydrogen) atoms. The molecule has 5 nitrogen and oxygen atoms in total. The summed E-state index contributed by atoms with van der Waals surface area (Å²) in [4.78, 5) is 29.8. The van der Waals surface area contributed by atoms with Gasteiger partial charge in [0.25, 0.3) is 5.91 Å². The molecule has 0 aromatic heterocycles. The van der Waals surface area contributed by atoms with Crippen molar-refractivity contribution < 1.29 is 14.3 Å². The van der Waals surface area contributed by atoms with E-state index in [1.54, 1.807) is 33.8 Å². The second kappa shape index (κ2) is 6.13. The summed E-state index contributed by atoms with van der Waals surface area (Å²) in [5, 5.41) is 0. The Morgan fingerprint density at radius 1 is 1.27 bits per heavy atom. The van der Waals surface area contributed by atoms with Gasteiger partial charge >= 0.3 is 5.97 Å². The van der Waals surface area contributed by atoms with Crippen LogP contribution >= 0.6 is 0 Å². The first-order chi connectivity index (χ1) is 10.3. The highest BCUT2D eigenvalue weighted by molar-refractivity contribution is 6.14. The standard InChI is InChI=1S/C17H20N2O3/c1-12-18-14(10-13-8-6-5-7-9-13)16(21)19(12)11-15(20)22-17(2,3)4/h5-10H,11H2,1-4H3/b14-10+. The third-order valence-corrected chi connectivity index (χ3v) is 2.95. The number of hydrogen-bond donors (Lipinski definition) is 0. The lowest BCUT2D eigenvalue weighted by Crippen LogP contribution is -2.38. The fraction of sp³-hybridized carbons (Fsp3) is 0.353. The number of hydrogen-bond acceptors (Lipinski definition) is 4. The smallest absolute Gasteiger partial charge is 0.326 e. The minimum absolute atomic E-state index is 0.127. The van der Waals surface area contributed by atoms with E-state index in [1.165, 1.54) is 4.90 Å². The van der Waals surface area contributed by atoms with Crippen molar-refractivity contribution in [2.45, 2.75) is 33.3 Å².